The Kier molecular flexibility index (Phi) is 2.48. The zero-order valence-corrected chi connectivity index (χ0v) is 9.90. The van der Waals surface area contributed by atoms with E-state index in [1.807, 2.05) is 11.8 Å². The van der Waals surface area contributed by atoms with Crippen LogP contribution in [0.25, 0.3) is 0 Å². The number of hydrogen-bond donors (Lipinski definition) is 0. The molecule has 1 aliphatic heterocycles. The van der Waals surface area contributed by atoms with E-state index in [1.54, 1.807) is 0 Å². The van der Waals surface area contributed by atoms with Gasteiger partial charge in [0.15, 0.2) is 0 Å². The summed E-state index contributed by atoms with van der Waals surface area (Å²) in [5.74, 6) is 1.10. The van der Waals surface area contributed by atoms with Gasteiger partial charge in [0.25, 0.3) is 0 Å². The summed E-state index contributed by atoms with van der Waals surface area (Å²) in [5, 5.41) is 0. The number of fused-ring (bicyclic) bond motifs is 1. The lowest BCUT2D eigenvalue weighted by molar-refractivity contribution is 0.467. The molecule has 0 spiro atoms. The van der Waals surface area contributed by atoms with Crippen LogP contribution in [-0.4, -0.2) is 11.4 Å². The van der Waals surface area contributed by atoms with Crippen LogP contribution in [0.4, 0.5) is 5.69 Å². The first-order valence-corrected chi connectivity index (χ1v) is 6.13. The Morgan fingerprint density at radius 2 is 2.07 bits per heavy atom. The zero-order chi connectivity index (χ0) is 10.2. The van der Waals surface area contributed by atoms with Crippen molar-refractivity contribution in [3.63, 3.8) is 0 Å². The fraction of sp³-hybridized carbons (Fsp3) is 0.500. The summed E-state index contributed by atoms with van der Waals surface area (Å²) in [7, 11) is 0. The van der Waals surface area contributed by atoms with E-state index in [2.05, 4.69) is 49.9 Å². The molecule has 1 aliphatic rings. The van der Waals surface area contributed by atoms with Gasteiger partial charge in [0, 0.05) is 10.4 Å². The van der Waals surface area contributed by atoms with Crippen LogP contribution in [0.1, 0.15) is 27.2 Å². The summed E-state index contributed by atoms with van der Waals surface area (Å²) in [6.07, 6.45) is 1.18. The minimum absolute atomic E-state index is 0.277. The van der Waals surface area contributed by atoms with E-state index in [9.17, 15) is 0 Å². The molecule has 0 atom stereocenters. The van der Waals surface area contributed by atoms with E-state index >= 15 is 0 Å². The van der Waals surface area contributed by atoms with Crippen molar-refractivity contribution in [3.05, 3.63) is 24.3 Å². The summed E-state index contributed by atoms with van der Waals surface area (Å²) in [6, 6.07) is 8.69. The van der Waals surface area contributed by atoms with Gasteiger partial charge >= 0.3 is 0 Å². The smallest absolute Gasteiger partial charge is 0.0692 e. The maximum atomic E-state index is 2.51. The molecular formula is C12H17NS. The molecule has 0 unspecified atom stereocenters. The molecule has 1 nitrogen and oxygen atoms in total. The van der Waals surface area contributed by atoms with Gasteiger partial charge in [-0.2, -0.15) is 0 Å². The van der Waals surface area contributed by atoms with Crippen molar-refractivity contribution in [1.82, 2.24) is 0 Å². The number of anilines is 1. The molecule has 1 aromatic carbocycles. The van der Waals surface area contributed by atoms with Gasteiger partial charge in [-0.15, -0.1) is 11.8 Å². The number of rotatable bonds is 2. The highest BCUT2D eigenvalue weighted by molar-refractivity contribution is 7.99. The van der Waals surface area contributed by atoms with Crippen LogP contribution in [0.5, 0.6) is 0 Å². The van der Waals surface area contributed by atoms with Crippen molar-refractivity contribution in [3.8, 4) is 0 Å². The van der Waals surface area contributed by atoms with Crippen LogP contribution in [0.2, 0.25) is 0 Å². The van der Waals surface area contributed by atoms with Crippen molar-refractivity contribution >= 4 is 17.4 Å². The third-order valence-corrected chi connectivity index (χ3v) is 4.14. The first kappa shape index (κ1) is 9.91. The predicted octanol–water partition coefficient (Wildman–Crippen LogP) is 3.74. The van der Waals surface area contributed by atoms with E-state index in [0.717, 1.165) is 5.88 Å². The lowest BCUT2D eigenvalue weighted by atomic mass is 9.99. The largest absolute Gasteiger partial charge is 0.356 e. The SMILES string of the molecule is CCC(C)(C)N1CSc2ccccc21. The van der Waals surface area contributed by atoms with Crippen molar-refractivity contribution in [2.45, 2.75) is 37.6 Å². The van der Waals surface area contributed by atoms with Crippen molar-refractivity contribution in [1.29, 1.82) is 0 Å². The molecule has 1 aromatic rings. The van der Waals surface area contributed by atoms with Gasteiger partial charge in [0.05, 0.1) is 11.6 Å². The molecule has 0 radical (unpaired) electrons. The minimum Gasteiger partial charge on any atom is -0.356 e. The van der Waals surface area contributed by atoms with E-state index < -0.39 is 0 Å². The van der Waals surface area contributed by atoms with Crippen LogP contribution >= 0.6 is 11.8 Å². The molecule has 0 saturated carbocycles. The van der Waals surface area contributed by atoms with E-state index in [-0.39, 0.29) is 5.54 Å². The molecule has 0 amide bonds. The minimum atomic E-state index is 0.277. The van der Waals surface area contributed by atoms with Gasteiger partial charge < -0.3 is 4.90 Å². The number of thioether (sulfide) groups is 1. The Hall–Kier alpha value is -0.630. The topological polar surface area (TPSA) is 3.24 Å². The second-order valence-corrected chi connectivity index (χ2v) is 5.32. The van der Waals surface area contributed by atoms with Gasteiger partial charge in [-0.1, -0.05) is 19.1 Å². The summed E-state index contributed by atoms with van der Waals surface area (Å²) >= 11 is 1.94. The Balaban J connectivity index is 2.35. The number of benzene rings is 1. The average molecular weight is 207 g/mol. The second-order valence-electron chi connectivity index (χ2n) is 4.34. The van der Waals surface area contributed by atoms with Crippen molar-refractivity contribution in [2.24, 2.45) is 0 Å². The zero-order valence-electron chi connectivity index (χ0n) is 9.08. The van der Waals surface area contributed by atoms with E-state index in [0.29, 0.717) is 0 Å². The summed E-state index contributed by atoms with van der Waals surface area (Å²) in [5.41, 5.74) is 1.68. The highest BCUT2D eigenvalue weighted by Gasteiger charge is 2.30. The fourth-order valence-electron chi connectivity index (χ4n) is 1.70. The fourth-order valence-corrected chi connectivity index (χ4v) is 2.96. The lowest BCUT2D eigenvalue weighted by Gasteiger charge is -2.36. The summed E-state index contributed by atoms with van der Waals surface area (Å²) in [4.78, 5) is 3.93. The highest BCUT2D eigenvalue weighted by atomic mass is 32.2. The second kappa shape index (κ2) is 3.50. The number of para-hydroxylation sites is 1. The van der Waals surface area contributed by atoms with E-state index in [4.69, 9.17) is 0 Å². The quantitative estimate of drug-likeness (QED) is 0.726. The van der Waals surface area contributed by atoms with Crippen LogP contribution in [0.15, 0.2) is 29.2 Å². The molecule has 0 aliphatic carbocycles. The molecule has 0 N–H and O–H groups in total. The molecule has 14 heavy (non-hydrogen) atoms. The number of hydrogen-bond acceptors (Lipinski definition) is 2. The Morgan fingerprint density at radius 3 is 2.79 bits per heavy atom. The molecular weight excluding hydrogens is 190 g/mol. The van der Waals surface area contributed by atoms with Gasteiger partial charge in [-0.05, 0) is 32.4 Å². The van der Waals surface area contributed by atoms with Crippen molar-refractivity contribution < 1.29 is 0 Å². The van der Waals surface area contributed by atoms with Gasteiger partial charge in [-0.3, -0.25) is 0 Å². The molecule has 2 heteroatoms. The maximum absolute atomic E-state index is 2.51. The van der Waals surface area contributed by atoms with Gasteiger partial charge in [0.1, 0.15) is 0 Å². The van der Waals surface area contributed by atoms with Crippen LogP contribution in [0.3, 0.4) is 0 Å². The Morgan fingerprint density at radius 1 is 1.36 bits per heavy atom. The van der Waals surface area contributed by atoms with Crippen LogP contribution < -0.4 is 4.90 Å². The monoisotopic (exact) mass is 207 g/mol. The Labute approximate surface area is 90.5 Å². The number of nitrogens with zero attached hydrogens (tertiary/aromatic N) is 1. The average Bonchev–Trinajstić information content (AvgIpc) is 2.61. The van der Waals surface area contributed by atoms with E-state index in [1.165, 1.54) is 17.0 Å². The third kappa shape index (κ3) is 1.52. The van der Waals surface area contributed by atoms with Crippen LogP contribution in [0, 0.1) is 0 Å². The Bertz CT molecular complexity index is 333. The molecule has 1 heterocycles. The van der Waals surface area contributed by atoms with Crippen molar-refractivity contribution in [2.75, 3.05) is 10.8 Å². The summed E-state index contributed by atoms with van der Waals surface area (Å²) in [6.45, 7) is 6.89. The first-order chi connectivity index (χ1) is 6.65. The predicted molar refractivity (Wildman–Crippen MR) is 64.0 cm³/mol. The lowest BCUT2D eigenvalue weighted by Crippen LogP contribution is -2.41. The molecule has 0 aromatic heterocycles. The molecule has 76 valence electrons. The molecule has 0 bridgehead atoms. The molecule has 2 rings (SSSR count). The summed E-state index contributed by atoms with van der Waals surface area (Å²) < 4.78 is 0. The maximum Gasteiger partial charge on any atom is 0.0692 e. The highest BCUT2D eigenvalue weighted by Crippen LogP contribution is 2.42. The first-order valence-electron chi connectivity index (χ1n) is 5.14. The van der Waals surface area contributed by atoms with Crippen LogP contribution in [-0.2, 0) is 0 Å². The molecule has 0 saturated heterocycles. The standard InChI is InChI=1S/C12H17NS/c1-4-12(2,3)13-9-14-11-8-6-5-7-10(11)13/h5-8H,4,9H2,1-3H3. The molecule has 0 fully saturated rings. The third-order valence-electron chi connectivity index (χ3n) is 3.10. The van der Waals surface area contributed by atoms with Gasteiger partial charge in [0.2, 0.25) is 0 Å². The van der Waals surface area contributed by atoms with Gasteiger partial charge in [-0.25, -0.2) is 0 Å². The normalized spacial score (nSPS) is 15.8.